The van der Waals surface area contributed by atoms with Crippen LogP contribution in [0.2, 0.25) is 0 Å². The fourth-order valence-corrected chi connectivity index (χ4v) is 5.19. The Kier molecular flexibility index (Phi) is 7.89. The molecule has 0 saturated carbocycles. The highest BCUT2D eigenvalue weighted by atomic mass is 16.2. The van der Waals surface area contributed by atoms with Crippen molar-refractivity contribution in [1.29, 1.82) is 0 Å². The summed E-state index contributed by atoms with van der Waals surface area (Å²) in [5.41, 5.74) is 4.53. The first-order chi connectivity index (χ1) is 18.5. The first-order valence-corrected chi connectivity index (χ1v) is 13.5. The minimum Gasteiger partial charge on any atom is -0.361 e. The van der Waals surface area contributed by atoms with E-state index in [4.69, 9.17) is 0 Å². The van der Waals surface area contributed by atoms with Crippen LogP contribution in [0.25, 0.3) is 6.08 Å². The van der Waals surface area contributed by atoms with Crippen molar-refractivity contribution in [2.24, 2.45) is 5.92 Å². The van der Waals surface area contributed by atoms with E-state index in [1.54, 1.807) is 0 Å². The summed E-state index contributed by atoms with van der Waals surface area (Å²) in [6.45, 7) is 8.99. The number of anilines is 1. The molecule has 6 nitrogen and oxygen atoms in total. The highest BCUT2D eigenvalue weighted by molar-refractivity contribution is 5.99. The number of rotatable bonds is 8. The van der Waals surface area contributed by atoms with Crippen LogP contribution < -0.4 is 5.32 Å². The molecule has 1 unspecified atom stereocenters. The highest BCUT2D eigenvalue weighted by Crippen LogP contribution is 2.35. The number of carbonyl (C=O) groups excluding carboxylic acids is 2. The minimum atomic E-state index is -0.216. The maximum absolute atomic E-state index is 13.2. The van der Waals surface area contributed by atoms with Crippen LogP contribution >= 0.6 is 0 Å². The van der Waals surface area contributed by atoms with Crippen molar-refractivity contribution in [3.05, 3.63) is 107 Å². The van der Waals surface area contributed by atoms with Crippen molar-refractivity contribution in [3.8, 4) is 0 Å². The first kappa shape index (κ1) is 25.7. The Hall–Kier alpha value is -3.90. The highest BCUT2D eigenvalue weighted by Gasteiger charge is 2.36. The molecule has 1 N–H and O–H groups in total. The van der Waals surface area contributed by atoms with E-state index in [2.05, 4.69) is 48.3 Å². The van der Waals surface area contributed by atoms with Gasteiger partial charge in [-0.15, -0.1) is 0 Å². The molecule has 0 spiro atoms. The number of nitrogens with one attached hydrogen (secondary N) is 1. The average Bonchev–Trinajstić information content (AvgIpc) is 3.20. The Bertz CT molecular complexity index is 1280. The van der Waals surface area contributed by atoms with Gasteiger partial charge in [0.2, 0.25) is 0 Å². The van der Waals surface area contributed by atoms with Gasteiger partial charge in [0.05, 0.1) is 0 Å². The summed E-state index contributed by atoms with van der Waals surface area (Å²) >= 11 is 0. The van der Waals surface area contributed by atoms with Crippen LogP contribution in [-0.2, 0) is 0 Å². The van der Waals surface area contributed by atoms with Crippen molar-refractivity contribution in [1.82, 2.24) is 14.7 Å². The third-order valence-electron chi connectivity index (χ3n) is 7.19. The van der Waals surface area contributed by atoms with E-state index >= 15 is 0 Å². The summed E-state index contributed by atoms with van der Waals surface area (Å²) < 4.78 is 0. The van der Waals surface area contributed by atoms with Gasteiger partial charge >= 0.3 is 0 Å². The molecule has 196 valence electrons. The Morgan fingerprint density at radius 2 is 1.61 bits per heavy atom. The molecular formula is C32H36N4O2. The maximum atomic E-state index is 13.2. The first-order valence-electron chi connectivity index (χ1n) is 13.5. The van der Waals surface area contributed by atoms with Crippen molar-refractivity contribution in [3.63, 3.8) is 0 Å². The SMILES string of the molecule is CC(C)CN1C(=O)c2ccccc2C1Nc1ccc(C(=O)N2CCN(C/C=C/c3ccccc3)CC2)cc1. The van der Waals surface area contributed by atoms with Gasteiger partial charge < -0.3 is 15.1 Å². The number of hydrogen-bond acceptors (Lipinski definition) is 4. The van der Waals surface area contributed by atoms with Crippen LogP contribution in [0.4, 0.5) is 5.69 Å². The third kappa shape index (κ3) is 5.81. The second-order valence-corrected chi connectivity index (χ2v) is 10.5. The number of fused-ring (bicyclic) bond motifs is 1. The Balaban J connectivity index is 1.17. The fraction of sp³-hybridized carbons (Fsp3) is 0.312. The lowest BCUT2D eigenvalue weighted by Gasteiger charge is -2.34. The van der Waals surface area contributed by atoms with Crippen LogP contribution in [0.3, 0.4) is 0 Å². The number of hydrogen-bond donors (Lipinski definition) is 1. The fourth-order valence-electron chi connectivity index (χ4n) is 5.19. The van der Waals surface area contributed by atoms with Crippen LogP contribution in [0, 0.1) is 5.92 Å². The molecule has 0 bridgehead atoms. The van der Waals surface area contributed by atoms with Gasteiger partial charge in [0.1, 0.15) is 6.17 Å². The van der Waals surface area contributed by atoms with Crippen LogP contribution in [0.5, 0.6) is 0 Å². The normalized spacial score (nSPS) is 17.9. The Morgan fingerprint density at radius 3 is 2.32 bits per heavy atom. The predicted molar refractivity (Wildman–Crippen MR) is 153 cm³/mol. The van der Waals surface area contributed by atoms with E-state index in [0.29, 0.717) is 18.0 Å². The van der Waals surface area contributed by atoms with E-state index < -0.39 is 0 Å². The molecule has 3 aromatic rings. The third-order valence-corrected chi connectivity index (χ3v) is 7.19. The van der Waals surface area contributed by atoms with E-state index in [-0.39, 0.29) is 18.0 Å². The van der Waals surface area contributed by atoms with Gasteiger partial charge in [-0.3, -0.25) is 14.5 Å². The number of nitrogens with zero attached hydrogens (tertiary/aromatic N) is 3. The lowest BCUT2D eigenvalue weighted by atomic mass is 10.1. The zero-order valence-electron chi connectivity index (χ0n) is 22.2. The quantitative estimate of drug-likeness (QED) is 0.444. The molecule has 1 fully saturated rings. The zero-order chi connectivity index (χ0) is 26.5. The maximum Gasteiger partial charge on any atom is 0.256 e. The smallest absolute Gasteiger partial charge is 0.256 e. The molecule has 0 aliphatic carbocycles. The molecule has 0 radical (unpaired) electrons. The second kappa shape index (κ2) is 11.7. The molecule has 1 saturated heterocycles. The molecule has 2 aliphatic rings. The molecule has 6 heteroatoms. The van der Waals surface area contributed by atoms with E-state index in [1.165, 1.54) is 5.56 Å². The van der Waals surface area contributed by atoms with Crippen molar-refractivity contribution >= 4 is 23.6 Å². The number of carbonyl (C=O) groups is 2. The summed E-state index contributed by atoms with van der Waals surface area (Å²) in [5, 5.41) is 3.53. The molecule has 38 heavy (non-hydrogen) atoms. The largest absolute Gasteiger partial charge is 0.361 e. The van der Waals surface area contributed by atoms with Crippen molar-refractivity contribution in [2.45, 2.75) is 20.0 Å². The summed E-state index contributed by atoms with van der Waals surface area (Å²) in [7, 11) is 0. The molecule has 2 aliphatic heterocycles. The van der Waals surface area contributed by atoms with Gasteiger partial charge in [-0.25, -0.2) is 0 Å². The number of benzene rings is 3. The van der Waals surface area contributed by atoms with Crippen molar-refractivity contribution in [2.75, 3.05) is 44.6 Å². The van der Waals surface area contributed by atoms with Gasteiger partial charge in [-0.2, -0.15) is 0 Å². The minimum absolute atomic E-state index is 0.0632. The molecular weight excluding hydrogens is 472 g/mol. The molecule has 1 atom stereocenters. The van der Waals surface area contributed by atoms with Crippen LogP contribution in [-0.4, -0.2) is 65.8 Å². The predicted octanol–water partition coefficient (Wildman–Crippen LogP) is 5.38. The lowest BCUT2D eigenvalue weighted by molar-refractivity contribution is 0.0650. The summed E-state index contributed by atoms with van der Waals surface area (Å²) in [6, 6.07) is 25.8. The van der Waals surface area contributed by atoms with E-state index in [1.807, 2.05) is 76.5 Å². The van der Waals surface area contributed by atoms with Crippen LogP contribution in [0.15, 0.2) is 84.9 Å². The summed E-state index contributed by atoms with van der Waals surface area (Å²) in [6.07, 6.45) is 4.12. The Morgan fingerprint density at radius 1 is 0.921 bits per heavy atom. The van der Waals surface area contributed by atoms with E-state index in [0.717, 1.165) is 49.5 Å². The molecule has 2 heterocycles. The summed E-state index contributed by atoms with van der Waals surface area (Å²) in [5.74, 6) is 0.491. The topological polar surface area (TPSA) is 55.9 Å². The standard InChI is InChI=1S/C32H36N4O2/c1-24(2)23-36-30(28-12-6-7-13-29(28)32(36)38)33-27-16-14-26(15-17-27)31(37)35-21-19-34(20-22-35)18-8-11-25-9-4-3-5-10-25/h3-17,24,30,33H,18-23H2,1-2H3/b11-8+. The van der Waals surface area contributed by atoms with Gasteiger partial charge in [0, 0.05) is 61.6 Å². The second-order valence-electron chi connectivity index (χ2n) is 10.5. The molecule has 5 rings (SSSR count). The monoisotopic (exact) mass is 508 g/mol. The Labute approximate surface area is 225 Å². The number of amides is 2. The summed E-state index contributed by atoms with van der Waals surface area (Å²) in [4.78, 5) is 32.4. The van der Waals surface area contributed by atoms with E-state index in [9.17, 15) is 9.59 Å². The zero-order valence-corrected chi connectivity index (χ0v) is 22.2. The lowest BCUT2D eigenvalue weighted by Crippen LogP contribution is -2.48. The number of piperazine rings is 1. The molecule has 3 aromatic carbocycles. The average molecular weight is 509 g/mol. The van der Waals surface area contributed by atoms with Gasteiger partial charge in [-0.05, 0) is 41.8 Å². The molecule has 0 aromatic heterocycles. The van der Waals surface area contributed by atoms with Gasteiger partial charge in [0.15, 0.2) is 0 Å². The van der Waals surface area contributed by atoms with Crippen molar-refractivity contribution < 1.29 is 9.59 Å². The van der Waals surface area contributed by atoms with Gasteiger partial charge in [0.25, 0.3) is 11.8 Å². The molecule has 2 amide bonds. The van der Waals surface area contributed by atoms with Crippen LogP contribution in [0.1, 0.15) is 51.9 Å². The van der Waals surface area contributed by atoms with Gasteiger partial charge in [-0.1, -0.05) is 74.5 Å².